The summed E-state index contributed by atoms with van der Waals surface area (Å²) in [6.07, 6.45) is 3.81. The van der Waals surface area contributed by atoms with E-state index in [9.17, 15) is 4.79 Å². The van der Waals surface area contributed by atoms with Crippen LogP contribution in [0.3, 0.4) is 0 Å². The van der Waals surface area contributed by atoms with Crippen molar-refractivity contribution in [2.75, 3.05) is 13.2 Å². The summed E-state index contributed by atoms with van der Waals surface area (Å²) in [5.41, 5.74) is 0. The minimum atomic E-state index is -0.326. The summed E-state index contributed by atoms with van der Waals surface area (Å²) in [7, 11) is 0. The Morgan fingerprint density at radius 1 is 1.73 bits per heavy atom. The summed E-state index contributed by atoms with van der Waals surface area (Å²) in [5, 5.41) is 0. The highest BCUT2D eigenvalue weighted by Crippen LogP contribution is 2.28. The third-order valence-electron chi connectivity index (χ3n) is 1.54. The molecule has 0 saturated heterocycles. The van der Waals surface area contributed by atoms with Crippen molar-refractivity contribution < 1.29 is 9.53 Å². The summed E-state index contributed by atoms with van der Waals surface area (Å²) in [6.45, 7) is 3.00. The Morgan fingerprint density at radius 2 is 2.45 bits per heavy atom. The summed E-state index contributed by atoms with van der Waals surface area (Å²) in [4.78, 5) is 14.6. The van der Waals surface area contributed by atoms with Gasteiger partial charge in [0.1, 0.15) is 6.21 Å². The fourth-order valence-corrected chi connectivity index (χ4v) is 0.756. The Morgan fingerprint density at radius 3 is 3.00 bits per heavy atom. The maximum Gasteiger partial charge on any atom is 0.348 e. The number of hydrogen-bond donors (Lipinski definition) is 0. The van der Waals surface area contributed by atoms with Crippen molar-refractivity contribution in [1.82, 2.24) is 0 Å². The largest absolute Gasteiger partial charge is 0.462 e. The first-order valence-electron chi connectivity index (χ1n) is 3.99. The van der Waals surface area contributed by atoms with Gasteiger partial charge in [-0.25, -0.2) is 4.79 Å². The molecule has 0 aromatic carbocycles. The van der Waals surface area contributed by atoms with Gasteiger partial charge in [0.25, 0.3) is 0 Å². The Bertz CT molecular complexity index is 161. The van der Waals surface area contributed by atoms with Crippen LogP contribution in [0, 0.1) is 5.92 Å². The van der Waals surface area contributed by atoms with Gasteiger partial charge in [0.15, 0.2) is 0 Å². The van der Waals surface area contributed by atoms with E-state index >= 15 is 0 Å². The van der Waals surface area contributed by atoms with E-state index in [0.717, 1.165) is 12.5 Å². The Labute approximate surface area is 66.5 Å². The van der Waals surface area contributed by atoms with Gasteiger partial charge in [0.2, 0.25) is 0 Å². The van der Waals surface area contributed by atoms with Gasteiger partial charge in [-0.3, -0.25) is 4.99 Å². The van der Waals surface area contributed by atoms with Crippen molar-refractivity contribution in [2.45, 2.75) is 19.8 Å². The van der Waals surface area contributed by atoms with Crippen LogP contribution < -0.4 is 0 Å². The van der Waals surface area contributed by atoms with E-state index in [0.29, 0.717) is 6.61 Å². The van der Waals surface area contributed by atoms with Crippen molar-refractivity contribution in [3.63, 3.8) is 0 Å². The minimum absolute atomic E-state index is 0.326. The zero-order valence-electron chi connectivity index (χ0n) is 6.75. The van der Waals surface area contributed by atoms with Gasteiger partial charge < -0.3 is 4.74 Å². The van der Waals surface area contributed by atoms with Crippen molar-refractivity contribution in [1.29, 1.82) is 0 Å². The normalized spacial score (nSPS) is 17.2. The molecule has 11 heavy (non-hydrogen) atoms. The van der Waals surface area contributed by atoms with Crippen molar-refractivity contribution in [2.24, 2.45) is 10.9 Å². The SMILES string of the molecule is CCOC(=O)C=NCC1CC1. The van der Waals surface area contributed by atoms with Crippen LogP contribution in [0.2, 0.25) is 0 Å². The van der Waals surface area contributed by atoms with Crippen LogP contribution in [0.15, 0.2) is 4.99 Å². The average molecular weight is 155 g/mol. The second-order valence-electron chi connectivity index (χ2n) is 2.69. The first kappa shape index (κ1) is 8.24. The lowest BCUT2D eigenvalue weighted by Crippen LogP contribution is -2.05. The van der Waals surface area contributed by atoms with E-state index in [1.54, 1.807) is 6.92 Å². The molecule has 1 saturated carbocycles. The van der Waals surface area contributed by atoms with Crippen LogP contribution in [-0.4, -0.2) is 25.3 Å². The topological polar surface area (TPSA) is 38.7 Å². The second-order valence-corrected chi connectivity index (χ2v) is 2.69. The Hall–Kier alpha value is -0.860. The predicted octanol–water partition coefficient (Wildman–Crippen LogP) is 1.03. The van der Waals surface area contributed by atoms with Crippen LogP contribution in [0.4, 0.5) is 0 Å². The van der Waals surface area contributed by atoms with Crippen molar-refractivity contribution in [3.05, 3.63) is 0 Å². The second kappa shape index (κ2) is 4.11. The van der Waals surface area contributed by atoms with Gasteiger partial charge in [-0.15, -0.1) is 0 Å². The highest BCUT2D eigenvalue weighted by molar-refractivity contribution is 6.23. The lowest BCUT2D eigenvalue weighted by molar-refractivity contribution is -0.134. The highest BCUT2D eigenvalue weighted by atomic mass is 16.5. The molecule has 1 rings (SSSR count). The molecule has 0 atom stereocenters. The van der Waals surface area contributed by atoms with Gasteiger partial charge in [0, 0.05) is 6.54 Å². The fourth-order valence-electron chi connectivity index (χ4n) is 0.756. The molecule has 1 aliphatic carbocycles. The molecule has 0 unspecified atom stereocenters. The summed E-state index contributed by atoms with van der Waals surface area (Å²) in [5.74, 6) is 0.411. The molecule has 0 aliphatic heterocycles. The molecular formula is C8H13NO2. The maximum absolute atomic E-state index is 10.7. The van der Waals surface area contributed by atoms with Crippen molar-refractivity contribution >= 4 is 12.2 Å². The van der Waals surface area contributed by atoms with Gasteiger partial charge in [-0.05, 0) is 25.7 Å². The number of esters is 1. The van der Waals surface area contributed by atoms with E-state index in [1.165, 1.54) is 19.1 Å². The van der Waals surface area contributed by atoms with Crippen molar-refractivity contribution in [3.8, 4) is 0 Å². The molecule has 0 aromatic rings. The predicted molar refractivity (Wildman–Crippen MR) is 42.7 cm³/mol. The first-order valence-corrected chi connectivity index (χ1v) is 3.99. The molecule has 0 bridgehead atoms. The van der Waals surface area contributed by atoms with Gasteiger partial charge in [-0.1, -0.05) is 0 Å². The third-order valence-corrected chi connectivity index (χ3v) is 1.54. The molecule has 0 radical (unpaired) electrons. The molecule has 1 fully saturated rings. The summed E-state index contributed by atoms with van der Waals surface area (Å²) >= 11 is 0. The summed E-state index contributed by atoms with van der Waals surface area (Å²) in [6, 6.07) is 0. The molecule has 0 N–H and O–H groups in total. The molecule has 3 heteroatoms. The van der Waals surface area contributed by atoms with Crippen LogP contribution in [-0.2, 0) is 9.53 Å². The maximum atomic E-state index is 10.7. The van der Waals surface area contributed by atoms with Gasteiger partial charge >= 0.3 is 5.97 Å². The summed E-state index contributed by atoms with van der Waals surface area (Å²) < 4.78 is 4.66. The van der Waals surface area contributed by atoms with Crippen LogP contribution in [0.25, 0.3) is 0 Å². The van der Waals surface area contributed by atoms with E-state index < -0.39 is 0 Å². The van der Waals surface area contributed by atoms with Crippen LogP contribution in [0.5, 0.6) is 0 Å². The standard InChI is InChI=1S/C8H13NO2/c1-2-11-8(10)6-9-5-7-3-4-7/h6-7H,2-5H2,1H3. The van der Waals surface area contributed by atoms with Gasteiger partial charge in [0.05, 0.1) is 6.61 Å². The number of aliphatic imine (C=N–C) groups is 1. The van der Waals surface area contributed by atoms with Gasteiger partial charge in [-0.2, -0.15) is 0 Å². The number of rotatable bonds is 4. The quantitative estimate of drug-likeness (QED) is 0.449. The first-order chi connectivity index (χ1) is 5.33. The monoisotopic (exact) mass is 155 g/mol. The van der Waals surface area contributed by atoms with E-state index in [-0.39, 0.29) is 5.97 Å². The molecule has 0 aromatic heterocycles. The number of carbonyl (C=O) groups is 1. The number of hydrogen-bond acceptors (Lipinski definition) is 3. The lowest BCUT2D eigenvalue weighted by Gasteiger charge is -1.93. The van der Waals surface area contributed by atoms with E-state index in [1.807, 2.05) is 0 Å². The number of carbonyl (C=O) groups excluding carboxylic acids is 1. The molecule has 3 nitrogen and oxygen atoms in total. The molecular weight excluding hydrogens is 142 g/mol. The Balaban J connectivity index is 2.06. The number of ether oxygens (including phenoxy) is 1. The zero-order valence-corrected chi connectivity index (χ0v) is 6.75. The van der Waals surface area contributed by atoms with Crippen LogP contribution in [0.1, 0.15) is 19.8 Å². The van der Waals surface area contributed by atoms with Crippen LogP contribution >= 0.6 is 0 Å². The molecule has 1 aliphatic rings. The molecule has 62 valence electrons. The van der Waals surface area contributed by atoms with E-state index in [2.05, 4.69) is 9.73 Å². The average Bonchev–Trinajstić information content (AvgIpc) is 2.72. The zero-order chi connectivity index (χ0) is 8.10. The molecule has 0 amide bonds. The molecule has 0 heterocycles. The minimum Gasteiger partial charge on any atom is -0.462 e. The smallest absolute Gasteiger partial charge is 0.348 e. The highest BCUT2D eigenvalue weighted by Gasteiger charge is 2.19. The number of nitrogens with zero attached hydrogens (tertiary/aromatic N) is 1. The molecule has 0 spiro atoms. The fraction of sp³-hybridized carbons (Fsp3) is 0.750. The lowest BCUT2D eigenvalue weighted by atomic mass is 10.4. The third kappa shape index (κ3) is 3.75. The van der Waals surface area contributed by atoms with E-state index in [4.69, 9.17) is 0 Å². The Kier molecular flexibility index (Phi) is 3.08.